The first-order valence-corrected chi connectivity index (χ1v) is 5.40. The number of hydrogen-bond acceptors (Lipinski definition) is 2. The molecule has 2 aromatic rings. The lowest BCUT2D eigenvalue weighted by Crippen LogP contribution is -2.21. The summed E-state index contributed by atoms with van der Waals surface area (Å²) in [7, 11) is 0. The van der Waals surface area contributed by atoms with Gasteiger partial charge in [0.25, 0.3) is 0 Å². The highest BCUT2D eigenvalue weighted by Crippen LogP contribution is 2.31. The molecule has 1 fully saturated rings. The molecule has 1 heterocycles. The molecule has 0 saturated carbocycles. The minimum Gasteiger partial charge on any atom is -0.442 e. The van der Waals surface area contributed by atoms with Gasteiger partial charge in [-0.2, -0.15) is 0 Å². The molecule has 84 valence electrons. The van der Waals surface area contributed by atoms with Crippen molar-refractivity contribution in [1.29, 1.82) is 0 Å². The Hall–Kier alpha value is -2.29. The average Bonchev–Trinajstić information content (AvgIpc) is 2.69. The number of anilines is 1. The summed E-state index contributed by atoms with van der Waals surface area (Å²) in [6.07, 6.45) is -0.355. The average molecular weight is 225 g/mol. The van der Waals surface area contributed by atoms with Crippen LogP contribution in [0.4, 0.5) is 10.5 Å². The van der Waals surface area contributed by atoms with Gasteiger partial charge in [0.1, 0.15) is 6.61 Å². The molecule has 0 N–H and O–H groups in total. The first-order chi connectivity index (χ1) is 8.27. The summed E-state index contributed by atoms with van der Waals surface area (Å²) < 4.78 is 4.97. The maximum absolute atomic E-state index is 11.7. The number of carbonyl (C=O) groups excluding carboxylic acids is 1. The van der Waals surface area contributed by atoms with Crippen molar-refractivity contribution < 1.29 is 9.53 Å². The smallest absolute Gasteiger partial charge is 0.419 e. The molecule has 0 radical (unpaired) electrons. The van der Waals surface area contributed by atoms with Crippen molar-refractivity contribution in [2.75, 3.05) is 11.5 Å². The quantitative estimate of drug-likeness (QED) is 0.745. The van der Waals surface area contributed by atoms with Gasteiger partial charge in [0.05, 0.1) is 11.4 Å². The van der Waals surface area contributed by atoms with E-state index < -0.39 is 0 Å². The van der Waals surface area contributed by atoms with E-state index in [-0.39, 0.29) is 12.7 Å². The Balaban J connectivity index is 2.23. The summed E-state index contributed by atoms with van der Waals surface area (Å²) in [4.78, 5) is 13.2. The van der Waals surface area contributed by atoms with Crippen LogP contribution in [-0.4, -0.2) is 12.7 Å². The van der Waals surface area contributed by atoms with Crippen molar-refractivity contribution in [3.05, 3.63) is 54.7 Å². The second-order valence-electron chi connectivity index (χ2n) is 3.95. The van der Waals surface area contributed by atoms with Gasteiger partial charge in [-0.15, -0.1) is 0 Å². The number of amides is 1. The van der Waals surface area contributed by atoms with Crippen LogP contribution < -0.4 is 4.90 Å². The molecule has 0 aromatic heterocycles. The van der Waals surface area contributed by atoms with Crippen LogP contribution in [0.3, 0.4) is 0 Å². The van der Waals surface area contributed by atoms with E-state index in [0.29, 0.717) is 5.70 Å². The highest BCUT2D eigenvalue weighted by Gasteiger charge is 2.28. The zero-order valence-corrected chi connectivity index (χ0v) is 9.22. The molecule has 0 spiro atoms. The molecule has 1 aliphatic rings. The molecular weight excluding hydrogens is 214 g/mol. The SMILES string of the molecule is C=C1COC(=O)N1c1cccc2ccccc12. The molecule has 3 rings (SSSR count). The molecule has 0 bridgehead atoms. The molecule has 1 saturated heterocycles. The van der Waals surface area contributed by atoms with Crippen molar-refractivity contribution >= 4 is 22.6 Å². The predicted octanol–water partition coefficient (Wildman–Crippen LogP) is 3.31. The molecule has 1 aliphatic heterocycles. The minimum absolute atomic E-state index is 0.266. The minimum atomic E-state index is -0.355. The molecule has 0 unspecified atom stereocenters. The summed E-state index contributed by atoms with van der Waals surface area (Å²) in [6, 6.07) is 13.8. The lowest BCUT2D eigenvalue weighted by molar-refractivity contribution is 0.182. The Morgan fingerprint density at radius 3 is 2.65 bits per heavy atom. The maximum Gasteiger partial charge on any atom is 0.419 e. The third-order valence-corrected chi connectivity index (χ3v) is 2.87. The second kappa shape index (κ2) is 3.63. The summed E-state index contributed by atoms with van der Waals surface area (Å²) in [5.41, 5.74) is 1.50. The van der Waals surface area contributed by atoms with Gasteiger partial charge in [0, 0.05) is 5.39 Å². The van der Waals surface area contributed by atoms with Crippen molar-refractivity contribution in [3.63, 3.8) is 0 Å². The van der Waals surface area contributed by atoms with Gasteiger partial charge >= 0.3 is 6.09 Å². The summed E-state index contributed by atoms with van der Waals surface area (Å²) in [5.74, 6) is 0. The zero-order valence-electron chi connectivity index (χ0n) is 9.22. The molecule has 0 aliphatic carbocycles. The third-order valence-electron chi connectivity index (χ3n) is 2.87. The van der Waals surface area contributed by atoms with Gasteiger partial charge in [-0.3, -0.25) is 0 Å². The van der Waals surface area contributed by atoms with Gasteiger partial charge < -0.3 is 4.74 Å². The zero-order chi connectivity index (χ0) is 11.8. The molecule has 17 heavy (non-hydrogen) atoms. The van der Waals surface area contributed by atoms with E-state index in [1.54, 1.807) is 0 Å². The van der Waals surface area contributed by atoms with Crippen LogP contribution in [0.25, 0.3) is 10.8 Å². The summed E-state index contributed by atoms with van der Waals surface area (Å²) in [6.45, 7) is 4.12. The number of nitrogens with zero attached hydrogens (tertiary/aromatic N) is 1. The van der Waals surface area contributed by atoms with Crippen LogP contribution in [0, 0.1) is 0 Å². The van der Waals surface area contributed by atoms with E-state index in [2.05, 4.69) is 6.58 Å². The van der Waals surface area contributed by atoms with Crippen LogP contribution in [0.1, 0.15) is 0 Å². The predicted molar refractivity (Wildman–Crippen MR) is 66.9 cm³/mol. The Kier molecular flexibility index (Phi) is 2.11. The molecule has 3 heteroatoms. The molecular formula is C14H11NO2. The lowest BCUT2D eigenvalue weighted by atomic mass is 10.1. The normalized spacial score (nSPS) is 15.4. The fourth-order valence-corrected chi connectivity index (χ4v) is 2.08. The van der Waals surface area contributed by atoms with Crippen LogP contribution in [-0.2, 0) is 4.74 Å². The van der Waals surface area contributed by atoms with Crippen molar-refractivity contribution in [1.82, 2.24) is 0 Å². The fraction of sp³-hybridized carbons (Fsp3) is 0.0714. The number of benzene rings is 2. The van der Waals surface area contributed by atoms with Gasteiger partial charge in [-0.05, 0) is 11.5 Å². The van der Waals surface area contributed by atoms with Crippen LogP contribution >= 0.6 is 0 Å². The Labute approximate surface area is 98.9 Å². The topological polar surface area (TPSA) is 29.5 Å². The second-order valence-corrected chi connectivity index (χ2v) is 3.95. The maximum atomic E-state index is 11.7. The number of ether oxygens (including phenoxy) is 1. The van der Waals surface area contributed by atoms with Gasteiger partial charge in [0.15, 0.2) is 0 Å². The van der Waals surface area contributed by atoms with Gasteiger partial charge in [-0.1, -0.05) is 43.0 Å². The van der Waals surface area contributed by atoms with Crippen molar-refractivity contribution in [2.24, 2.45) is 0 Å². The first kappa shape index (κ1) is 9.90. The lowest BCUT2D eigenvalue weighted by Gasteiger charge is -2.16. The number of cyclic esters (lactones) is 1. The third kappa shape index (κ3) is 1.47. The van der Waals surface area contributed by atoms with Crippen LogP contribution in [0.5, 0.6) is 0 Å². The van der Waals surface area contributed by atoms with Crippen LogP contribution in [0.15, 0.2) is 54.7 Å². The van der Waals surface area contributed by atoms with Crippen molar-refractivity contribution in [2.45, 2.75) is 0 Å². The summed E-state index contributed by atoms with van der Waals surface area (Å²) >= 11 is 0. The van der Waals surface area contributed by atoms with E-state index in [1.807, 2.05) is 42.5 Å². The Morgan fingerprint density at radius 2 is 1.88 bits per heavy atom. The number of carbonyl (C=O) groups is 1. The highest BCUT2D eigenvalue weighted by molar-refractivity contribution is 6.04. The van der Waals surface area contributed by atoms with Crippen molar-refractivity contribution in [3.8, 4) is 0 Å². The standard InChI is InChI=1S/C14H11NO2/c1-10-9-17-14(16)15(10)13-8-4-6-11-5-2-3-7-12(11)13/h2-8H,1,9H2. The van der Waals surface area contributed by atoms with Crippen LogP contribution in [0.2, 0.25) is 0 Å². The van der Waals surface area contributed by atoms with Gasteiger partial charge in [0.2, 0.25) is 0 Å². The molecule has 1 amide bonds. The first-order valence-electron chi connectivity index (χ1n) is 5.40. The van der Waals surface area contributed by atoms with E-state index >= 15 is 0 Å². The highest BCUT2D eigenvalue weighted by atomic mass is 16.6. The Morgan fingerprint density at radius 1 is 1.12 bits per heavy atom. The molecule has 0 atom stereocenters. The number of fused-ring (bicyclic) bond motifs is 1. The molecule has 2 aromatic carbocycles. The van der Waals surface area contributed by atoms with E-state index in [0.717, 1.165) is 16.5 Å². The van der Waals surface area contributed by atoms with E-state index in [1.165, 1.54) is 4.90 Å². The number of hydrogen-bond donors (Lipinski definition) is 0. The monoisotopic (exact) mass is 225 g/mol. The number of rotatable bonds is 1. The largest absolute Gasteiger partial charge is 0.442 e. The molecule has 3 nitrogen and oxygen atoms in total. The Bertz CT molecular complexity index is 597. The van der Waals surface area contributed by atoms with E-state index in [9.17, 15) is 4.79 Å². The van der Waals surface area contributed by atoms with E-state index in [4.69, 9.17) is 4.74 Å². The van der Waals surface area contributed by atoms with Gasteiger partial charge in [-0.25, -0.2) is 9.69 Å². The fourth-order valence-electron chi connectivity index (χ4n) is 2.08. The summed E-state index contributed by atoms with van der Waals surface area (Å²) in [5, 5.41) is 2.12.